The van der Waals surface area contributed by atoms with Crippen LogP contribution in [0, 0.1) is 0 Å². The van der Waals surface area contributed by atoms with Crippen LogP contribution in [0.4, 0.5) is 0 Å². The van der Waals surface area contributed by atoms with Gasteiger partial charge in [-0.2, -0.15) is 0 Å². The molecule has 3 rings (SSSR count). The van der Waals surface area contributed by atoms with E-state index in [9.17, 15) is 0 Å². The summed E-state index contributed by atoms with van der Waals surface area (Å²) in [6.07, 6.45) is 2.09. The van der Waals surface area contributed by atoms with Crippen molar-refractivity contribution in [2.24, 2.45) is 0 Å². The Kier molecular flexibility index (Phi) is 1.89. The first-order valence-corrected chi connectivity index (χ1v) is 5.28. The fourth-order valence-corrected chi connectivity index (χ4v) is 2.07. The largest absolute Gasteiger partial charge is 0.454 e. The summed E-state index contributed by atoms with van der Waals surface area (Å²) < 4.78 is 16.2. The molecule has 15 heavy (non-hydrogen) atoms. The van der Waals surface area contributed by atoms with Gasteiger partial charge in [-0.25, -0.2) is 0 Å². The highest BCUT2D eigenvalue weighted by atomic mass is 16.7. The Morgan fingerprint density at radius 3 is 2.80 bits per heavy atom. The highest BCUT2D eigenvalue weighted by Gasteiger charge is 2.33. The Hall–Kier alpha value is -1.22. The molecule has 3 heteroatoms. The Morgan fingerprint density at radius 2 is 2.07 bits per heavy atom. The third kappa shape index (κ3) is 1.57. The van der Waals surface area contributed by atoms with Crippen LogP contribution in [0.3, 0.4) is 0 Å². The number of fused-ring (bicyclic) bond motifs is 1. The van der Waals surface area contributed by atoms with E-state index in [-0.39, 0.29) is 5.60 Å². The maximum Gasteiger partial charge on any atom is 0.231 e. The summed E-state index contributed by atoms with van der Waals surface area (Å²) in [6, 6.07) is 6.11. The van der Waals surface area contributed by atoms with Crippen molar-refractivity contribution >= 4 is 0 Å². The van der Waals surface area contributed by atoms with Gasteiger partial charge in [0.2, 0.25) is 6.79 Å². The van der Waals surface area contributed by atoms with Crippen molar-refractivity contribution < 1.29 is 14.2 Å². The molecule has 0 amide bonds. The van der Waals surface area contributed by atoms with Crippen molar-refractivity contribution in [2.75, 3.05) is 13.4 Å². The number of benzene rings is 1. The van der Waals surface area contributed by atoms with Crippen LogP contribution in [0.5, 0.6) is 11.5 Å². The van der Waals surface area contributed by atoms with Gasteiger partial charge in [0, 0.05) is 6.42 Å². The van der Waals surface area contributed by atoms with Crippen LogP contribution in [-0.4, -0.2) is 19.0 Å². The lowest BCUT2D eigenvalue weighted by Gasteiger charge is -2.38. The number of rotatable bonds is 2. The maximum atomic E-state index is 5.57. The molecule has 0 bridgehead atoms. The minimum atomic E-state index is 0.0354. The number of ether oxygens (including phenoxy) is 3. The van der Waals surface area contributed by atoms with Crippen molar-refractivity contribution in [3.63, 3.8) is 0 Å². The summed E-state index contributed by atoms with van der Waals surface area (Å²) in [5.41, 5.74) is 1.29. The van der Waals surface area contributed by atoms with E-state index in [0.29, 0.717) is 6.79 Å². The van der Waals surface area contributed by atoms with Gasteiger partial charge in [-0.05, 0) is 31.0 Å². The van der Waals surface area contributed by atoms with Crippen LogP contribution >= 0.6 is 0 Å². The van der Waals surface area contributed by atoms with Crippen molar-refractivity contribution in [2.45, 2.75) is 25.4 Å². The molecule has 1 aromatic rings. The topological polar surface area (TPSA) is 27.7 Å². The van der Waals surface area contributed by atoms with Crippen molar-refractivity contribution in [1.29, 1.82) is 0 Å². The fourth-order valence-electron chi connectivity index (χ4n) is 2.07. The van der Waals surface area contributed by atoms with E-state index >= 15 is 0 Å². The highest BCUT2D eigenvalue weighted by Crippen LogP contribution is 2.35. The van der Waals surface area contributed by atoms with Crippen LogP contribution in [0.15, 0.2) is 18.2 Å². The lowest BCUT2D eigenvalue weighted by Crippen LogP contribution is -2.42. The van der Waals surface area contributed by atoms with Gasteiger partial charge in [-0.3, -0.25) is 0 Å². The van der Waals surface area contributed by atoms with Crippen LogP contribution in [0.1, 0.15) is 18.9 Å². The van der Waals surface area contributed by atoms with Gasteiger partial charge in [-0.15, -0.1) is 0 Å². The third-order valence-electron chi connectivity index (χ3n) is 3.10. The molecule has 0 N–H and O–H groups in total. The smallest absolute Gasteiger partial charge is 0.231 e. The molecular weight excluding hydrogens is 192 g/mol. The van der Waals surface area contributed by atoms with E-state index in [2.05, 4.69) is 19.1 Å². The maximum absolute atomic E-state index is 5.57. The fraction of sp³-hybridized carbons (Fsp3) is 0.500. The molecule has 0 spiro atoms. The van der Waals surface area contributed by atoms with Gasteiger partial charge in [0.25, 0.3) is 0 Å². The minimum absolute atomic E-state index is 0.0354. The molecule has 1 saturated heterocycles. The van der Waals surface area contributed by atoms with Crippen molar-refractivity contribution in [1.82, 2.24) is 0 Å². The number of hydrogen-bond acceptors (Lipinski definition) is 3. The molecule has 1 unspecified atom stereocenters. The molecule has 2 heterocycles. The van der Waals surface area contributed by atoms with E-state index < -0.39 is 0 Å². The zero-order valence-electron chi connectivity index (χ0n) is 8.79. The lowest BCUT2D eigenvalue weighted by molar-refractivity contribution is -0.132. The van der Waals surface area contributed by atoms with Crippen LogP contribution < -0.4 is 9.47 Å². The molecule has 1 atom stereocenters. The second kappa shape index (κ2) is 3.14. The molecule has 0 aromatic heterocycles. The van der Waals surface area contributed by atoms with E-state index in [0.717, 1.165) is 30.9 Å². The van der Waals surface area contributed by atoms with Gasteiger partial charge in [0.05, 0.1) is 12.2 Å². The molecule has 0 saturated carbocycles. The predicted molar refractivity (Wildman–Crippen MR) is 55.2 cm³/mol. The van der Waals surface area contributed by atoms with Gasteiger partial charge in [0.15, 0.2) is 11.5 Å². The molecule has 1 fully saturated rings. The first kappa shape index (κ1) is 9.04. The minimum Gasteiger partial charge on any atom is -0.454 e. The third-order valence-corrected chi connectivity index (χ3v) is 3.10. The first-order valence-electron chi connectivity index (χ1n) is 5.28. The Bertz CT molecular complexity index is 382. The molecular formula is C12H14O3. The van der Waals surface area contributed by atoms with E-state index in [1.54, 1.807) is 0 Å². The summed E-state index contributed by atoms with van der Waals surface area (Å²) in [5.74, 6) is 1.70. The average Bonchev–Trinajstić information content (AvgIpc) is 2.62. The standard InChI is InChI=1S/C12H14O3/c1-12(4-5-15-12)7-9-2-3-10-11(6-9)14-8-13-10/h2-3,6H,4-5,7-8H2,1H3. The second-order valence-corrected chi connectivity index (χ2v) is 4.41. The quantitative estimate of drug-likeness (QED) is 0.742. The van der Waals surface area contributed by atoms with Gasteiger partial charge >= 0.3 is 0 Å². The molecule has 0 aliphatic carbocycles. The summed E-state index contributed by atoms with van der Waals surface area (Å²) in [5, 5.41) is 0. The lowest BCUT2D eigenvalue weighted by atomic mass is 9.89. The first-order chi connectivity index (χ1) is 7.25. The van der Waals surface area contributed by atoms with Crippen LogP contribution in [0.2, 0.25) is 0 Å². The SMILES string of the molecule is CC1(Cc2ccc3c(c2)OCO3)CCO1. The second-order valence-electron chi connectivity index (χ2n) is 4.41. The summed E-state index contributed by atoms with van der Waals surface area (Å²) >= 11 is 0. The average molecular weight is 206 g/mol. The van der Waals surface area contributed by atoms with Crippen molar-refractivity contribution in [3.8, 4) is 11.5 Å². The monoisotopic (exact) mass is 206 g/mol. The zero-order chi connectivity index (χ0) is 10.3. The van der Waals surface area contributed by atoms with Gasteiger partial charge in [-0.1, -0.05) is 6.07 Å². The Morgan fingerprint density at radius 1 is 1.27 bits per heavy atom. The zero-order valence-corrected chi connectivity index (χ0v) is 8.79. The molecule has 1 aromatic carbocycles. The molecule has 2 aliphatic heterocycles. The van der Waals surface area contributed by atoms with E-state index in [1.807, 2.05) is 6.07 Å². The summed E-state index contributed by atoms with van der Waals surface area (Å²) in [4.78, 5) is 0. The molecule has 80 valence electrons. The molecule has 0 radical (unpaired) electrons. The van der Waals surface area contributed by atoms with Crippen LogP contribution in [0.25, 0.3) is 0 Å². The Labute approximate surface area is 89.0 Å². The molecule has 2 aliphatic rings. The van der Waals surface area contributed by atoms with E-state index in [1.165, 1.54) is 5.56 Å². The normalized spacial score (nSPS) is 27.5. The predicted octanol–water partition coefficient (Wildman–Crippen LogP) is 2.14. The van der Waals surface area contributed by atoms with Gasteiger partial charge < -0.3 is 14.2 Å². The highest BCUT2D eigenvalue weighted by molar-refractivity contribution is 5.44. The summed E-state index contributed by atoms with van der Waals surface area (Å²) in [7, 11) is 0. The summed E-state index contributed by atoms with van der Waals surface area (Å²) in [6.45, 7) is 3.38. The number of hydrogen-bond donors (Lipinski definition) is 0. The van der Waals surface area contributed by atoms with Crippen molar-refractivity contribution in [3.05, 3.63) is 23.8 Å². The Balaban J connectivity index is 1.81. The van der Waals surface area contributed by atoms with Gasteiger partial charge in [0.1, 0.15) is 0 Å². The van der Waals surface area contributed by atoms with E-state index in [4.69, 9.17) is 14.2 Å². The van der Waals surface area contributed by atoms with Crippen LogP contribution in [-0.2, 0) is 11.2 Å². The molecule has 3 nitrogen and oxygen atoms in total.